The van der Waals surface area contributed by atoms with Gasteiger partial charge in [0.15, 0.2) is 5.79 Å². The Hall–Kier alpha value is -1.83. The highest BCUT2D eigenvalue weighted by Crippen LogP contribution is 2.51. The van der Waals surface area contributed by atoms with Crippen molar-refractivity contribution in [2.45, 2.75) is 49.6 Å². The van der Waals surface area contributed by atoms with Crippen LogP contribution in [0.2, 0.25) is 0 Å². The van der Waals surface area contributed by atoms with E-state index in [9.17, 15) is 39.9 Å². The number of nitrogens with zero attached hydrogens (tertiary/aromatic N) is 3. The van der Waals surface area contributed by atoms with E-state index in [4.69, 9.17) is 4.74 Å². The zero-order valence-electron chi connectivity index (χ0n) is 18.2. The molecule has 0 aliphatic carbocycles. The molecule has 0 bridgehead atoms. The van der Waals surface area contributed by atoms with Crippen LogP contribution < -0.4 is 0 Å². The van der Waals surface area contributed by atoms with E-state index in [2.05, 4.69) is 0 Å². The van der Waals surface area contributed by atoms with E-state index in [1.807, 2.05) is 14.7 Å². The van der Waals surface area contributed by atoms with Crippen molar-refractivity contribution in [1.82, 2.24) is 14.7 Å². The number of carboxylic acid groups (broad SMARTS) is 2. The van der Waals surface area contributed by atoms with Gasteiger partial charge in [0.05, 0.1) is 33.0 Å². The standard InChI is InChI=1S/C20H33N3O9/c1-32-18(29)10-15(23-6-7-23)20(11-19(30,31)12-24,13(8-16(25)26)21-2-3-21)14(9-17(27)28)22-4-5-22/h13-15,24,30-31H,2-12H2,1H3,(H,25,26)(H,27,28). The Balaban J connectivity index is 2.20. The average molecular weight is 459 g/mol. The largest absolute Gasteiger partial charge is 0.481 e. The zero-order chi connectivity index (χ0) is 23.7. The fourth-order valence-electron chi connectivity index (χ4n) is 5.22. The van der Waals surface area contributed by atoms with Crippen LogP contribution in [0.25, 0.3) is 0 Å². The first-order chi connectivity index (χ1) is 15.0. The molecule has 3 aliphatic rings. The number of hydrogen-bond donors (Lipinski definition) is 5. The van der Waals surface area contributed by atoms with Crippen LogP contribution in [0, 0.1) is 5.41 Å². The number of aliphatic hydroxyl groups is 3. The lowest BCUT2D eigenvalue weighted by Gasteiger charge is -2.53. The molecular formula is C20H33N3O9. The summed E-state index contributed by atoms with van der Waals surface area (Å²) in [5.41, 5.74) is -1.36. The van der Waals surface area contributed by atoms with Gasteiger partial charge in [0.1, 0.15) is 0 Å². The van der Waals surface area contributed by atoms with Crippen molar-refractivity contribution in [3.63, 3.8) is 0 Å². The number of hydrogen-bond acceptors (Lipinski definition) is 10. The molecule has 3 fully saturated rings. The fraction of sp³-hybridized carbons (Fsp3) is 0.850. The summed E-state index contributed by atoms with van der Waals surface area (Å²) >= 11 is 0. The molecule has 0 aromatic rings. The number of ether oxygens (including phenoxy) is 1. The molecule has 12 nitrogen and oxygen atoms in total. The second-order valence-electron chi connectivity index (χ2n) is 9.06. The van der Waals surface area contributed by atoms with Gasteiger partial charge in [-0.3, -0.25) is 29.1 Å². The summed E-state index contributed by atoms with van der Waals surface area (Å²) in [6.45, 7) is 2.50. The quantitative estimate of drug-likeness (QED) is 0.100. The monoisotopic (exact) mass is 459 g/mol. The summed E-state index contributed by atoms with van der Waals surface area (Å²) in [4.78, 5) is 41.9. The van der Waals surface area contributed by atoms with E-state index < -0.39 is 60.3 Å². The number of carbonyl (C=O) groups excluding carboxylic acids is 1. The molecule has 0 aromatic heterocycles. The van der Waals surface area contributed by atoms with E-state index >= 15 is 0 Å². The van der Waals surface area contributed by atoms with Crippen molar-refractivity contribution in [2.24, 2.45) is 5.41 Å². The molecule has 0 radical (unpaired) electrons. The normalized spacial score (nSPS) is 23.6. The Morgan fingerprint density at radius 1 is 0.812 bits per heavy atom. The van der Waals surface area contributed by atoms with Crippen LogP contribution in [0.5, 0.6) is 0 Å². The van der Waals surface area contributed by atoms with Gasteiger partial charge in [-0.15, -0.1) is 0 Å². The molecule has 3 atom stereocenters. The lowest BCUT2D eigenvalue weighted by atomic mass is 9.61. The number of esters is 1. The summed E-state index contributed by atoms with van der Waals surface area (Å²) in [7, 11) is 1.23. The van der Waals surface area contributed by atoms with Gasteiger partial charge < -0.3 is 30.3 Å². The Labute approximate surface area is 186 Å². The zero-order valence-corrected chi connectivity index (χ0v) is 18.2. The first-order valence-corrected chi connectivity index (χ1v) is 10.8. The van der Waals surface area contributed by atoms with Crippen LogP contribution in [0.15, 0.2) is 0 Å². The predicted molar refractivity (Wildman–Crippen MR) is 109 cm³/mol. The maximum Gasteiger partial charge on any atom is 0.307 e. The third kappa shape index (κ3) is 5.74. The van der Waals surface area contributed by atoms with Gasteiger partial charge in [-0.25, -0.2) is 0 Å². The highest BCUT2D eigenvalue weighted by Gasteiger charge is 2.63. The van der Waals surface area contributed by atoms with Gasteiger partial charge in [-0.05, 0) is 0 Å². The first-order valence-electron chi connectivity index (χ1n) is 10.8. The van der Waals surface area contributed by atoms with Gasteiger partial charge in [0, 0.05) is 69.2 Å². The molecule has 3 saturated heterocycles. The number of rotatable bonds is 15. The van der Waals surface area contributed by atoms with Crippen molar-refractivity contribution >= 4 is 17.9 Å². The Bertz CT molecular complexity index is 687. The molecule has 5 N–H and O–H groups in total. The van der Waals surface area contributed by atoms with E-state index in [0.717, 1.165) is 0 Å². The minimum atomic E-state index is -2.59. The summed E-state index contributed by atoms with van der Waals surface area (Å²) < 4.78 is 4.88. The second-order valence-corrected chi connectivity index (χ2v) is 9.06. The molecule has 182 valence electrons. The number of carboxylic acids is 2. The van der Waals surface area contributed by atoms with Crippen molar-refractivity contribution in [3.05, 3.63) is 0 Å². The van der Waals surface area contributed by atoms with E-state index in [1.165, 1.54) is 7.11 Å². The molecule has 0 spiro atoms. The van der Waals surface area contributed by atoms with Crippen LogP contribution in [-0.4, -0.2) is 135 Å². The lowest BCUT2D eigenvalue weighted by Crippen LogP contribution is -2.65. The van der Waals surface area contributed by atoms with Crippen LogP contribution in [-0.2, 0) is 19.1 Å². The van der Waals surface area contributed by atoms with Crippen molar-refractivity contribution in [1.29, 1.82) is 0 Å². The molecule has 0 aromatic carbocycles. The highest BCUT2D eigenvalue weighted by atomic mass is 16.5. The van der Waals surface area contributed by atoms with Gasteiger partial charge in [-0.1, -0.05) is 0 Å². The molecule has 0 amide bonds. The third-order valence-electron chi connectivity index (χ3n) is 6.80. The van der Waals surface area contributed by atoms with Crippen molar-refractivity contribution in [2.75, 3.05) is 53.0 Å². The van der Waals surface area contributed by atoms with Crippen molar-refractivity contribution in [3.8, 4) is 0 Å². The molecule has 0 saturated carbocycles. The van der Waals surface area contributed by atoms with Gasteiger partial charge in [0.25, 0.3) is 0 Å². The molecule has 3 rings (SSSR count). The summed E-state index contributed by atoms with van der Waals surface area (Å²) in [5.74, 6) is -5.38. The van der Waals surface area contributed by atoms with Crippen LogP contribution in [0.4, 0.5) is 0 Å². The molecule has 3 heterocycles. The number of carbonyl (C=O) groups is 3. The molecule has 12 heteroatoms. The minimum absolute atomic E-state index is 0.161. The fourth-order valence-corrected chi connectivity index (χ4v) is 5.22. The SMILES string of the molecule is COC(=O)CC(N1CC1)C(CC(O)(O)CO)(C(CC(=O)O)N1CC1)C(CC(=O)O)N1CC1. The van der Waals surface area contributed by atoms with E-state index in [0.29, 0.717) is 39.3 Å². The van der Waals surface area contributed by atoms with Gasteiger partial charge in [-0.2, -0.15) is 0 Å². The van der Waals surface area contributed by atoms with E-state index in [-0.39, 0.29) is 19.3 Å². The topological polar surface area (TPSA) is 171 Å². The van der Waals surface area contributed by atoms with Crippen LogP contribution in [0.1, 0.15) is 25.7 Å². The number of aliphatic carboxylic acids is 2. The average Bonchev–Trinajstić information content (AvgIpc) is 3.57. The number of methoxy groups -OCH3 is 1. The maximum atomic E-state index is 12.4. The van der Waals surface area contributed by atoms with Crippen LogP contribution >= 0.6 is 0 Å². The predicted octanol–water partition coefficient (Wildman–Crippen LogP) is -2.40. The molecule has 32 heavy (non-hydrogen) atoms. The first kappa shape index (κ1) is 24.8. The summed E-state index contributed by atoms with van der Waals surface area (Å²) in [6.07, 6.45) is -1.38. The summed E-state index contributed by atoms with van der Waals surface area (Å²) in [5, 5.41) is 50.4. The molecular weight excluding hydrogens is 426 g/mol. The Morgan fingerprint density at radius 3 is 1.47 bits per heavy atom. The summed E-state index contributed by atoms with van der Waals surface area (Å²) in [6, 6.07) is -2.24. The highest BCUT2D eigenvalue weighted by molar-refractivity contribution is 5.71. The minimum Gasteiger partial charge on any atom is -0.481 e. The molecule has 3 unspecified atom stereocenters. The third-order valence-corrected chi connectivity index (χ3v) is 6.80. The maximum absolute atomic E-state index is 12.4. The smallest absolute Gasteiger partial charge is 0.307 e. The Kier molecular flexibility index (Phi) is 7.42. The van der Waals surface area contributed by atoms with Gasteiger partial charge >= 0.3 is 17.9 Å². The van der Waals surface area contributed by atoms with E-state index in [1.54, 1.807) is 0 Å². The molecule has 3 aliphatic heterocycles. The van der Waals surface area contributed by atoms with Gasteiger partial charge in [0.2, 0.25) is 0 Å². The van der Waals surface area contributed by atoms with Crippen LogP contribution in [0.3, 0.4) is 0 Å². The lowest BCUT2D eigenvalue weighted by molar-refractivity contribution is -0.226. The van der Waals surface area contributed by atoms with Crippen molar-refractivity contribution < 1.29 is 44.7 Å². The second kappa shape index (κ2) is 9.57. The Morgan fingerprint density at radius 2 is 1.19 bits per heavy atom. The number of aliphatic hydroxyl groups excluding tert-OH is 1.